The summed E-state index contributed by atoms with van der Waals surface area (Å²) in [5, 5.41) is 0. The van der Waals surface area contributed by atoms with Crippen molar-refractivity contribution < 1.29 is 9.47 Å². The van der Waals surface area contributed by atoms with Crippen molar-refractivity contribution in [3.8, 4) is 22.8 Å². The summed E-state index contributed by atoms with van der Waals surface area (Å²) in [5.41, 5.74) is 21.0. The second kappa shape index (κ2) is 14.9. The van der Waals surface area contributed by atoms with Gasteiger partial charge >= 0.3 is 0 Å². The number of allylic oxidation sites excluding steroid dienone is 1. The Bertz CT molecular complexity index is 2030. The van der Waals surface area contributed by atoms with Gasteiger partial charge in [0.15, 0.2) is 0 Å². The molecule has 0 saturated heterocycles. The number of rotatable bonds is 9. The van der Waals surface area contributed by atoms with E-state index in [9.17, 15) is 0 Å². The molecule has 3 aromatic heterocycles. The maximum atomic E-state index is 6.23. The minimum atomic E-state index is -0.131. The third-order valence-corrected chi connectivity index (χ3v) is 11.7. The van der Waals surface area contributed by atoms with Gasteiger partial charge in [-0.25, -0.2) is 9.97 Å². The van der Waals surface area contributed by atoms with E-state index in [1.807, 2.05) is 0 Å². The van der Waals surface area contributed by atoms with Crippen LogP contribution in [-0.2, 0) is 67.3 Å². The summed E-state index contributed by atoms with van der Waals surface area (Å²) in [6, 6.07) is 13.3. The molecule has 0 N–H and O–H groups in total. The Hall–Kier alpha value is -3.67. The highest BCUT2D eigenvalue weighted by atomic mass is 16.5. The molecule has 3 heterocycles. The predicted octanol–water partition coefficient (Wildman–Crippen LogP) is 10.7. The molecule has 8 rings (SSSR count). The van der Waals surface area contributed by atoms with Crippen molar-refractivity contribution in [3.05, 3.63) is 97.9 Å². The fourth-order valence-electron chi connectivity index (χ4n) is 9.28. The molecule has 4 aromatic rings. The van der Waals surface area contributed by atoms with Crippen LogP contribution in [0.25, 0.3) is 34.4 Å². The molecule has 5 heteroatoms. The largest absolute Gasteiger partial charge is 0.376 e. The fraction of sp³-hybridized carbons (Fsp3) is 0.521. The van der Waals surface area contributed by atoms with Gasteiger partial charge in [-0.2, -0.15) is 0 Å². The van der Waals surface area contributed by atoms with Crippen LogP contribution in [0.4, 0.5) is 0 Å². The predicted molar refractivity (Wildman–Crippen MR) is 217 cm³/mol. The van der Waals surface area contributed by atoms with Gasteiger partial charge in [-0.05, 0) is 200 Å². The van der Waals surface area contributed by atoms with Gasteiger partial charge in [-0.15, -0.1) is 0 Å². The van der Waals surface area contributed by atoms with Gasteiger partial charge in [-0.3, -0.25) is 4.98 Å². The zero-order valence-electron chi connectivity index (χ0n) is 33.2. The number of aryl methyl sites for hydroxylation is 3. The molecule has 4 aliphatic carbocycles. The van der Waals surface area contributed by atoms with E-state index in [1.54, 1.807) is 5.56 Å². The average molecular weight is 710 g/mol. The summed E-state index contributed by atoms with van der Waals surface area (Å²) in [5.74, 6) is 0. The molecule has 5 nitrogen and oxygen atoms in total. The molecular formula is C48H59N3O2. The molecule has 0 unspecified atom stereocenters. The first kappa shape index (κ1) is 36.3. The third-order valence-electron chi connectivity index (χ3n) is 11.7. The molecule has 0 spiro atoms. The van der Waals surface area contributed by atoms with Gasteiger partial charge in [0.1, 0.15) is 0 Å². The SMILES string of the molecule is CC(C)(C)OCCCc1c2c(nc3c1CCc1cc4c(nc1-3)-c1nc3c(c(CCCOC(C)(C)C)c1CC4)CCC/C3=C\c1ccccc1)CCCC2. The van der Waals surface area contributed by atoms with E-state index in [-0.39, 0.29) is 11.2 Å². The average Bonchev–Trinajstić information content (AvgIpc) is 3.13. The number of aromatic nitrogens is 3. The van der Waals surface area contributed by atoms with E-state index in [0.29, 0.717) is 0 Å². The van der Waals surface area contributed by atoms with Crippen molar-refractivity contribution >= 4 is 11.6 Å². The zero-order valence-corrected chi connectivity index (χ0v) is 33.2. The van der Waals surface area contributed by atoms with Crippen molar-refractivity contribution in [3.63, 3.8) is 0 Å². The van der Waals surface area contributed by atoms with Crippen LogP contribution in [0.1, 0.15) is 142 Å². The zero-order chi connectivity index (χ0) is 36.7. The Balaban J connectivity index is 1.23. The smallest absolute Gasteiger partial charge is 0.0931 e. The number of hydrogen-bond donors (Lipinski definition) is 0. The number of pyridine rings is 3. The highest BCUT2D eigenvalue weighted by molar-refractivity contribution is 5.85. The number of ether oxygens (including phenoxy) is 2. The minimum absolute atomic E-state index is 0.110. The highest BCUT2D eigenvalue weighted by Crippen LogP contribution is 2.44. The Morgan fingerprint density at radius 1 is 0.547 bits per heavy atom. The van der Waals surface area contributed by atoms with Crippen LogP contribution in [0.2, 0.25) is 0 Å². The molecule has 0 bridgehead atoms. The number of fused-ring (bicyclic) bond motifs is 8. The van der Waals surface area contributed by atoms with Gasteiger partial charge in [0.05, 0.1) is 39.7 Å². The van der Waals surface area contributed by atoms with E-state index in [1.165, 1.54) is 74.3 Å². The van der Waals surface area contributed by atoms with Crippen LogP contribution in [0, 0.1) is 0 Å². The van der Waals surface area contributed by atoms with Crippen LogP contribution in [0.3, 0.4) is 0 Å². The maximum absolute atomic E-state index is 6.23. The second-order valence-corrected chi connectivity index (χ2v) is 17.9. The van der Waals surface area contributed by atoms with Crippen molar-refractivity contribution in [1.82, 2.24) is 15.0 Å². The van der Waals surface area contributed by atoms with E-state index in [4.69, 9.17) is 24.4 Å². The number of benzene rings is 1. The van der Waals surface area contributed by atoms with Crippen LogP contribution in [0.5, 0.6) is 0 Å². The lowest BCUT2D eigenvalue weighted by molar-refractivity contribution is -0.00423. The van der Waals surface area contributed by atoms with Crippen molar-refractivity contribution in [2.45, 2.75) is 149 Å². The second-order valence-electron chi connectivity index (χ2n) is 17.9. The number of hydrogen-bond acceptors (Lipinski definition) is 5. The Morgan fingerprint density at radius 2 is 1.09 bits per heavy atom. The van der Waals surface area contributed by atoms with Crippen molar-refractivity contribution in [2.75, 3.05) is 13.2 Å². The molecule has 0 aliphatic heterocycles. The Labute approximate surface area is 318 Å². The van der Waals surface area contributed by atoms with Gasteiger partial charge in [0.25, 0.3) is 0 Å². The molecule has 0 atom stereocenters. The minimum Gasteiger partial charge on any atom is -0.376 e. The lowest BCUT2D eigenvalue weighted by Crippen LogP contribution is -2.22. The first-order chi connectivity index (χ1) is 25.5. The first-order valence-electron chi connectivity index (χ1n) is 20.7. The van der Waals surface area contributed by atoms with E-state index < -0.39 is 0 Å². The molecule has 4 aliphatic rings. The fourth-order valence-corrected chi connectivity index (χ4v) is 9.28. The van der Waals surface area contributed by atoms with Gasteiger partial charge in [-0.1, -0.05) is 36.4 Å². The Kier molecular flexibility index (Phi) is 10.2. The van der Waals surface area contributed by atoms with Gasteiger partial charge in [0.2, 0.25) is 0 Å². The third kappa shape index (κ3) is 7.80. The normalized spacial score (nSPS) is 17.1. The molecule has 0 saturated carbocycles. The lowest BCUT2D eigenvalue weighted by atomic mass is 9.78. The van der Waals surface area contributed by atoms with E-state index in [2.05, 4.69) is 84.0 Å². The standard InChI is InChI=1S/C48H59N3O2/c1-47(2,3)52-27-13-20-35-37-18-10-11-22-41(37)49-45-39(35)25-23-33-30-34-24-26-40-36(21-14-28-53-48(4,5)6)38-19-12-17-32(29-31-15-8-7-9-16-31)42(38)50-46(40)44(34)51-43(33)45/h7-9,15-16,29-30H,10-14,17-28H2,1-6H3/b32-29+. The Morgan fingerprint density at radius 3 is 1.74 bits per heavy atom. The topological polar surface area (TPSA) is 57.1 Å². The summed E-state index contributed by atoms with van der Waals surface area (Å²) in [6.07, 6.45) is 18.6. The van der Waals surface area contributed by atoms with Crippen molar-refractivity contribution in [2.24, 2.45) is 0 Å². The molecule has 278 valence electrons. The van der Waals surface area contributed by atoms with Crippen LogP contribution in [-0.4, -0.2) is 39.4 Å². The monoisotopic (exact) mass is 709 g/mol. The lowest BCUT2D eigenvalue weighted by Gasteiger charge is -2.31. The number of nitrogens with zero attached hydrogens (tertiary/aromatic N) is 3. The molecule has 0 amide bonds. The quantitative estimate of drug-likeness (QED) is 0.162. The maximum Gasteiger partial charge on any atom is 0.0931 e. The van der Waals surface area contributed by atoms with Crippen LogP contribution >= 0.6 is 0 Å². The summed E-state index contributed by atoms with van der Waals surface area (Å²) in [4.78, 5) is 16.9. The van der Waals surface area contributed by atoms with Crippen molar-refractivity contribution in [1.29, 1.82) is 0 Å². The van der Waals surface area contributed by atoms with E-state index in [0.717, 1.165) is 119 Å². The summed E-state index contributed by atoms with van der Waals surface area (Å²) < 4.78 is 12.4. The summed E-state index contributed by atoms with van der Waals surface area (Å²) >= 11 is 0. The first-order valence-corrected chi connectivity index (χ1v) is 20.7. The van der Waals surface area contributed by atoms with Gasteiger partial charge in [0, 0.05) is 18.9 Å². The highest BCUT2D eigenvalue weighted by Gasteiger charge is 2.32. The molecule has 1 aromatic carbocycles. The molecule has 0 fully saturated rings. The molecule has 53 heavy (non-hydrogen) atoms. The summed E-state index contributed by atoms with van der Waals surface area (Å²) in [7, 11) is 0. The summed E-state index contributed by atoms with van der Waals surface area (Å²) in [6.45, 7) is 14.5. The molecule has 0 radical (unpaired) electrons. The molecular weight excluding hydrogens is 651 g/mol. The van der Waals surface area contributed by atoms with Gasteiger partial charge < -0.3 is 9.47 Å². The van der Waals surface area contributed by atoms with Crippen LogP contribution in [0.15, 0.2) is 36.4 Å². The van der Waals surface area contributed by atoms with Crippen LogP contribution < -0.4 is 0 Å². The van der Waals surface area contributed by atoms with E-state index >= 15 is 0 Å².